The van der Waals surface area contributed by atoms with Gasteiger partial charge in [0, 0.05) is 18.7 Å². The molecule has 26 heavy (non-hydrogen) atoms. The lowest BCUT2D eigenvalue weighted by molar-refractivity contribution is -0.137. The molecule has 1 aliphatic rings. The molecule has 0 spiro atoms. The van der Waals surface area contributed by atoms with Crippen molar-refractivity contribution in [1.29, 1.82) is 0 Å². The zero-order valence-corrected chi connectivity index (χ0v) is 13.8. The molecule has 0 saturated carbocycles. The summed E-state index contributed by atoms with van der Waals surface area (Å²) in [5.41, 5.74) is 2.45. The van der Waals surface area contributed by atoms with Crippen molar-refractivity contribution in [2.24, 2.45) is 0 Å². The summed E-state index contributed by atoms with van der Waals surface area (Å²) in [5, 5.41) is 3.89. The third kappa shape index (κ3) is 3.48. The van der Waals surface area contributed by atoms with Crippen LogP contribution in [0.1, 0.15) is 22.6 Å². The minimum Gasteiger partial charge on any atom is -0.338 e. The number of fused-ring (bicyclic) bond motifs is 1. The molecule has 4 rings (SSSR count). The molecule has 1 aromatic heterocycles. The molecule has 0 N–H and O–H groups in total. The Morgan fingerprint density at radius 2 is 1.73 bits per heavy atom. The normalized spacial score (nSPS) is 15.0. The summed E-state index contributed by atoms with van der Waals surface area (Å²) in [6.07, 6.45) is -3.39. The average molecular weight is 359 g/mol. The van der Waals surface area contributed by atoms with Crippen molar-refractivity contribution < 1.29 is 17.7 Å². The molecule has 0 atom stereocenters. The Labute approximate surface area is 148 Å². The third-order valence-electron chi connectivity index (χ3n) is 4.51. The Hall–Kier alpha value is -2.67. The van der Waals surface area contributed by atoms with E-state index in [4.69, 9.17) is 4.52 Å². The molecular weight excluding hydrogens is 343 g/mol. The van der Waals surface area contributed by atoms with Gasteiger partial charge in [0.2, 0.25) is 11.7 Å². The Balaban J connectivity index is 1.45. The van der Waals surface area contributed by atoms with E-state index in [1.807, 2.05) is 12.1 Å². The predicted octanol–water partition coefficient (Wildman–Crippen LogP) is 4.31. The van der Waals surface area contributed by atoms with Crippen molar-refractivity contribution in [2.45, 2.75) is 25.7 Å². The van der Waals surface area contributed by atoms with E-state index >= 15 is 0 Å². The van der Waals surface area contributed by atoms with Gasteiger partial charge in [-0.3, -0.25) is 4.90 Å². The predicted molar refractivity (Wildman–Crippen MR) is 89.0 cm³/mol. The Morgan fingerprint density at radius 3 is 2.46 bits per heavy atom. The molecule has 7 heteroatoms. The standard InChI is InChI=1S/C19H16F3N3O/c20-19(21,22)16-7-5-14(6-8-16)18-23-17(26-24-18)12-25-10-9-13-3-1-2-4-15(13)11-25/h1-8H,9-12H2. The molecule has 4 nitrogen and oxygen atoms in total. The average Bonchev–Trinajstić information content (AvgIpc) is 3.09. The number of rotatable bonds is 3. The topological polar surface area (TPSA) is 42.2 Å². The maximum atomic E-state index is 12.6. The monoisotopic (exact) mass is 359 g/mol. The highest BCUT2D eigenvalue weighted by Crippen LogP contribution is 2.30. The Kier molecular flexibility index (Phi) is 4.24. The second kappa shape index (κ2) is 6.57. The van der Waals surface area contributed by atoms with Crippen molar-refractivity contribution in [3.63, 3.8) is 0 Å². The minimum atomic E-state index is -4.36. The molecule has 3 aromatic rings. The first-order chi connectivity index (χ1) is 12.5. The van der Waals surface area contributed by atoms with Gasteiger partial charge in [0.1, 0.15) is 0 Å². The fourth-order valence-corrected chi connectivity index (χ4v) is 3.13. The number of hydrogen-bond acceptors (Lipinski definition) is 4. The minimum absolute atomic E-state index is 0.297. The Morgan fingerprint density at radius 1 is 1.00 bits per heavy atom. The molecule has 0 aliphatic carbocycles. The van der Waals surface area contributed by atoms with Crippen LogP contribution >= 0.6 is 0 Å². The largest absolute Gasteiger partial charge is 0.416 e. The van der Waals surface area contributed by atoms with Gasteiger partial charge in [-0.15, -0.1) is 0 Å². The van der Waals surface area contributed by atoms with Crippen molar-refractivity contribution in [1.82, 2.24) is 15.0 Å². The molecular formula is C19H16F3N3O. The number of halogens is 3. The quantitative estimate of drug-likeness (QED) is 0.699. The molecule has 0 amide bonds. The summed E-state index contributed by atoms with van der Waals surface area (Å²) < 4.78 is 43.2. The van der Waals surface area contributed by atoms with Crippen LogP contribution in [-0.4, -0.2) is 21.6 Å². The van der Waals surface area contributed by atoms with Gasteiger partial charge in [-0.25, -0.2) is 0 Å². The summed E-state index contributed by atoms with van der Waals surface area (Å²) in [6.45, 7) is 2.23. The van der Waals surface area contributed by atoms with Crippen molar-refractivity contribution in [3.05, 3.63) is 71.1 Å². The first-order valence-corrected chi connectivity index (χ1v) is 8.28. The van der Waals surface area contributed by atoms with E-state index in [-0.39, 0.29) is 0 Å². The van der Waals surface area contributed by atoms with E-state index in [0.717, 1.165) is 31.6 Å². The molecule has 0 unspecified atom stereocenters. The lowest BCUT2D eigenvalue weighted by atomic mass is 10.00. The number of aromatic nitrogens is 2. The van der Waals surface area contributed by atoms with Crippen molar-refractivity contribution >= 4 is 0 Å². The molecule has 134 valence electrons. The van der Waals surface area contributed by atoms with Crippen LogP contribution in [0.4, 0.5) is 13.2 Å². The first-order valence-electron chi connectivity index (χ1n) is 8.28. The summed E-state index contributed by atoms with van der Waals surface area (Å²) in [5.74, 6) is 0.755. The molecule has 1 aliphatic heterocycles. The van der Waals surface area contributed by atoms with Gasteiger partial charge in [0.25, 0.3) is 0 Å². The maximum absolute atomic E-state index is 12.6. The summed E-state index contributed by atoms with van der Waals surface area (Å²) in [6, 6.07) is 13.1. The van der Waals surface area contributed by atoms with Crippen LogP contribution < -0.4 is 0 Å². The highest BCUT2D eigenvalue weighted by molar-refractivity contribution is 5.54. The van der Waals surface area contributed by atoms with Crippen molar-refractivity contribution in [3.8, 4) is 11.4 Å². The number of alkyl halides is 3. The third-order valence-corrected chi connectivity index (χ3v) is 4.51. The van der Waals surface area contributed by atoms with Gasteiger partial charge in [-0.1, -0.05) is 41.6 Å². The first kappa shape index (κ1) is 16.8. The molecule has 0 radical (unpaired) electrons. The number of benzene rings is 2. The van der Waals surface area contributed by atoms with Gasteiger partial charge in [0.05, 0.1) is 12.1 Å². The zero-order valence-electron chi connectivity index (χ0n) is 13.8. The van der Waals surface area contributed by atoms with Crippen LogP contribution in [0.2, 0.25) is 0 Å². The number of nitrogens with zero attached hydrogens (tertiary/aromatic N) is 3. The van der Waals surface area contributed by atoms with Crippen LogP contribution in [0.5, 0.6) is 0 Å². The fourth-order valence-electron chi connectivity index (χ4n) is 3.13. The molecule has 2 aromatic carbocycles. The van der Waals surface area contributed by atoms with Gasteiger partial charge in [-0.05, 0) is 29.7 Å². The van der Waals surface area contributed by atoms with Crippen LogP contribution in [0.3, 0.4) is 0 Å². The van der Waals surface area contributed by atoms with Gasteiger partial charge in [0.15, 0.2) is 0 Å². The van der Waals surface area contributed by atoms with Crippen molar-refractivity contribution in [2.75, 3.05) is 6.54 Å². The lowest BCUT2D eigenvalue weighted by Crippen LogP contribution is -2.30. The summed E-state index contributed by atoms with van der Waals surface area (Å²) in [4.78, 5) is 6.54. The zero-order chi connectivity index (χ0) is 18.1. The molecule has 0 saturated heterocycles. The smallest absolute Gasteiger partial charge is 0.338 e. The van der Waals surface area contributed by atoms with E-state index in [1.165, 1.54) is 23.3 Å². The molecule has 2 heterocycles. The van der Waals surface area contributed by atoms with E-state index in [0.29, 0.717) is 23.8 Å². The van der Waals surface area contributed by atoms with Crippen LogP contribution in [-0.2, 0) is 25.7 Å². The van der Waals surface area contributed by atoms with Gasteiger partial charge >= 0.3 is 6.18 Å². The maximum Gasteiger partial charge on any atom is 0.416 e. The molecule has 0 bridgehead atoms. The van der Waals surface area contributed by atoms with E-state index in [9.17, 15) is 13.2 Å². The second-order valence-corrected chi connectivity index (χ2v) is 6.32. The van der Waals surface area contributed by atoms with Gasteiger partial charge in [-0.2, -0.15) is 18.2 Å². The van der Waals surface area contributed by atoms with Crippen LogP contribution in [0.25, 0.3) is 11.4 Å². The number of hydrogen-bond donors (Lipinski definition) is 0. The van der Waals surface area contributed by atoms with Gasteiger partial charge < -0.3 is 4.52 Å². The van der Waals surface area contributed by atoms with Crippen LogP contribution in [0, 0.1) is 0 Å². The highest BCUT2D eigenvalue weighted by Gasteiger charge is 2.30. The second-order valence-electron chi connectivity index (χ2n) is 6.32. The summed E-state index contributed by atoms with van der Waals surface area (Å²) in [7, 11) is 0. The van der Waals surface area contributed by atoms with E-state index < -0.39 is 11.7 Å². The lowest BCUT2D eigenvalue weighted by Gasteiger charge is -2.27. The highest BCUT2D eigenvalue weighted by atomic mass is 19.4. The Bertz CT molecular complexity index is 903. The van der Waals surface area contributed by atoms with E-state index in [2.05, 4.69) is 27.2 Å². The van der Waals surface area contributed by atoms with E-state index in [1.54, 1.807) is 0 Å². The SMILES string of the molecule is FC(F)(F)c1ccc(-c2noc(CN3CCc4ccccc4C3)n2)cc1. The fraction of sp³-hybridized carbons (Fsp3) is 0.263. The summed E-state index contributed by atoms with van der Waals surface area (Å²) >= 11 is 0. The van der Waals surface area contributed by atoms with Crippen LogP contribution in [0.15, 0.2) is 53.1 Å². The molecule has 0 fully saturated rings.